The van der Waals surface area contributed by atoms with Crippen LogP contribution in [0.3, 0.4) is 0 Å². The van der Waals surface area contributed by atoms with Crippen LogP contribution in [0.1, 0.15) is 5.56 Å². The minimum Gasteiger partial charge on any atom is -0.237 e. The zero-order chi connectivity index (χ0) is 15.2. The van der Waals surface area contributed by atoms with Crippen LogP contribution in [0.25, 0.3) is 0 Å². The summed E-state index contributed by atoms with van der Waals surface area (Å²) in [6.45, 7) is 13.4. The first-order chi connectivity index (χ1) is 9.33. The van der Waals surface area contributed by atoms with Gasteiger partial charge in [-0.05, 0) is 19.1 Å². The molecule has 0 aliphatic heterocycles. The molecule has 0 N–H and O–H groups in total. The van der Waals surface area contributed by atoms with Crippen molar-refractivity contribution in [2.24, 2.45) is 0 Å². The van der Waals surface area contributed by atoms with Gasteiger partial charge in [0.05, 0.1) is 11.4 Å². The molecule has 0 heterocycles. The van der Waals surface area contributed by atoms with Gasteiger partial charge in [-0.15, -0.1) is 12.1 Å². The van der Waals surface area contributed by atoms with Crippen LogP contribution in [0.2, 0.25) is 19.6 Å². The van der Waals surface area contributed by atoms with Crippen LogP contribution in [0.15, 0.2) is 41.8 Å². The molecule has 2 nitrogen and oxygen atoms in total. The minimum atomic E-state index is -1.38. The molecule has 0 aliphatic carbocycles. The topological polar surface area (TPSA) is 20.3 Å². The highest BCUT2D eigenvalue weighted by atomic mass is 32.2. The molecular formula is C16H23NOSSi. The molecule has 20 heavy (non-hydrogen) atoms. The Morgan fingerprint density at radius 1 is 1.30 bits per heavy atom. The van der Waals surface area contributed by atoms with Crippen LogP contribution in [0.4, 0.5) is 0 Å². The summed E-state index contributed by atoms with van der Waals surface area (Å²) in [4.78, 5) is 0.812. The third kappa shape index (κ3) is 5.87. The first kappa shape index (κ1) is 16.9. The standard InChI is InChI=1S/C16H23NOSSi/c1-6-12-17(13-7-14-20(3,4)5)19(18)16-10-8-15(2)9-11-16/h6,8-11H,1,12-13H2,2-5H3. The third-order valence-corrected chi connectivity index (χ3v) is 4.86. The smallest absolute Gasteiger partial charge is 0.129 e. The predicted octanol–water partition coefficient (Wildman–Crippen LogP) is 3.39. The van der Waals surface area contributed by atoms with Crippen molar-refractivity contribution in [2.75, 3.05) is 13.1 Å². The predicted molar refractivity (Wildman–Crippen MR) is 90.5 cm³/mol. The summed E-state index contributed by atoms with van der Waals surface area (Å²) in [5.41, 5.74) is 4.47. The van der Waals surface area contributed by atoms with Crippen molar-refractivity contribution in [1.82, 2.24) is 4.31 Å². The molecule has 0 spiro atoms. The van der Waals surface area contributed by atoms with E-state index in [0.29, 0.717) is 13.1 Å². The Balaban J connectivity index is 2.84. The zero-order valence-electron chi connectivity index (χ0n) is 12.8. The van der Waals surface area contributed by atoms with Gasteiger partial charge in [-0.2, -0.15) is 0 Å². The molecule has 0 bridgehead atoms. The van der Waals surface area contributed by atoms with Crippen molar-refractivity contribution in [3.05, 3.63) is 42.5 Å². The Kier molecular flexibility index (Phi) is 6.41. The molecule has 0 amide bonds. The summed E-state index contributed by atoms with van der Waals surface area (Å²) >= 11 is 0. The summed E-state index contributed by atoms with van der Waals surface area (Å²) in [5, 5.41) is 0. The molecule has 0 saturated heterocycles. The molecule has 1 rings (SSSR count). The molecule has 0 fully saturated rings. The lowest BCUT2D eigenvalue weighted by atomic mass is 10.2. The van der Waals surface area contributed by atoms with Crippen LogP contribution in [0, 0.1) is 18.4 Å². The van der Waals surface area contributed by atoms with Crippen molar-refractivity contribution in [3.63, 3.8) is 0 Å². The lowest BCUT2D eigenvalue weighted by Gasteiger charge is -2.17. The Morgan fingerprint density at radius 2 is 1.90 bits per heavy atom. The van der Waals surface area contributed by atoms with Crippen LogP contribution < -0.4 is 0 Å². The fourth-order valence-electron chi connectivity index (χ4n) is 1.53. The average Bonchev–Trinajstić information content (AvgIpc) is 2.36. The summed E-state index contributed by atoms with van der Waals surface area (Å²) in [7, 11) is -2.56. The van der Waals surface area contributed by atoms with Gasteiger partial charge in [0.25, 0.3) is 0 Å². The fraction of sp³-hybridized carbons (Fsp3) is 0.375. The molecule has 0 aromatic heterocycles. The number of rotatable bonds is 5. The number of benzene rings is 1. The van der Waals surface area contributed by atoms with Gasteiger partial charge in [0, 0.05) is 6.54 Å². The maximum Gasteiger partial charge on any atom is 0.129 e. The zero-order valence-corrected chi connectivity index (χ0v) is 14.6. The van der Waals surface area contributed by atoms with Gasteiger partial charge in [-0.1, -0.05) is 49.3 Å². The second kappa shape index (κ2) is 7.58. The van der Waals surface area contributed by atoms with Crippen LogP contribution in [-0.2, 0) is 11.0 Å². The Labute approximate surface area is 126 Å². The Bertz CT molecular complexity index is 534. The maximum atomic E-state index is 12.5. The first-order valence-corrected chi connectivity index (χ1v) is 11.3. The highest BCUT2D eigenvalue weighted by Gasteiger charge is 2.13. The quantitative estimate of drug-likeness (QED) is 0.464. The normalized spacial score (nSPS) is 12.7. The van der Waals surface area contributed by atoms with E-state index in [2.05, 4.69) is 37.7 Å². The van der Waals surface area contributed by atoms with E-state index in [1.807, 2.05) is 35.5 Å². The molecule has 1 atom stereocenters. The molecule has 0 aliphatic rings. The van der Waals surface area contributed by atoms with Crippen molar-refractivity contribution in [1.29, 1.82) is 0 Å². The van der Waals surface area contributed by atoms with Crippen molar-refractivity contribution in [3.8, 4) is 11.5 Å². The molecule has 4 heteroatoms. The molecule has 108 valence electrons. The molecule has 1 aromatic carbocycles. The van der Waals surface area contributed by atoms with E-state index in [1.165, 1.54) is 5.56 Å². The summed E-state index contributed by atoms with van der Waals surface area (Å²) in [5.74, 6) is 3.17. The van der Waals surface area contributed by atoms with E-state index in [4.69, 9.17) is 0 Å². The van der Waals surface area contributed by atoms with Gasteiger partial charge < -0.3 is 0 Å². The monoisotopic (exact) mass is 305 g/mol. The molecule has 1 unspecified atom stereocenters. The van der Waals surface area contributed by atoms with Crippen molar-refractivity contribution >= 4 is 19.1 Å². The van der Waals surface area contributed by atoms with E-state index < -0.39 is 19.1 Å². The highest BCUT2D eigenvalue weighted by molar-refractivity contribution is 7.82. The van der Waals surface area contributed by atoms with Crippen molar-refractivity contribution in [2.45, 2.75) is 31.5 Å². The second-order valence-corrected chi connectivity index (χ2v) is 12.0. The van der Waals surface area contributed by atoms with E-state index in [-0.39, 0.29) is 0 Å². The van der Waals surface area contributed by atoms with E-state index in [9.17, 15) is 4.21 Å². The number of hydrogen-bond acceptors (Lipinski definition) is 1. The molecule has 0 radical (unpaired) electrons. The highest BCUT2D eigenvalue weighted by Crippen LogP contribution is 2.12. The number of aryl methyl sites for hydroxylation is 1. The fourth-order valence-corrected chi connectivity index (χ4v) is 3.23. The lowest BCUT2D eigenvalue weighted by molar-refractivity contribution is 0.537. The molecular weight excluding hydrogens is 282 g/mol. The first-order valence-electron chi connectivity index (χ1n) is 6.68. The maximum absolute atomic E-state index is 12.5. The van der Waals surface area contributed by atoms with Gasteiger partial charge >= 0.3 is 0 Å². The largest absolute Gasteiger partial charge is 0.237 e. The van der Waals surface area contributed by atoms with Gasteiger partial charge in [-0.25, -0.2) is 8.51 Å². The minimum absolute atomic E-state index is 0.511. The van der Waals surface area contributed by atoms with Crippen LogP contribution in [0.5, 0.6) is 0 Å². The Hall–Kier alpha value is -1.15. The Morgan fingerprint density at radius 3 is 2.40 bits per heavy atom. The summed E-state index contributed by atoms with van der Waals surface area (Å²) < 4.78 is 14.4. The average molecular weight is 306 g/mol. The second-order valence-electron chi connectivity index (χ2n) is 5.73. The SMILES string of the molecule is C=CCN(CC#C[Si](C)(C)C)S(=O)c1ccc(C)cc1. The number of hydrogen-bond donors (Lipinski definition) is 0. The van der Waals surface area contributed by atoms with Gasteiger partial charge in [0.1, 0.15) is 19.1 Å². The van der Waals surface area contributed by atoms with E-state index >= 15 is 0 Å². The van der Waals surface area contributed by atoms with Gasteiger partial charge in [0.2, 0.25) is 0 Å². The third-order valence-electron chi connectivity index (χ3n) is 2.51. The van der Waals surface area contributed by atoms with E-state index in [1.54, 1.807) is 6.08 Å². The van der Waals surface area contributed by atoms with Crippen molar-refractivity contribution < 1.29 is 4.21 Å². The molecule has 0 saturated carbocycles. The number of nitrogens with zero attached hydrogens (tertiary/aromatic N) is 1. The lowest BCUT2D eigenvalue weighted by Crippen LogP contribution is -2.27. The van der Waals surface area contributed by atoms with Gasteiger partial charge in [0.15, 0.2) is 0 Å². The summed E-state index contributed by atoms with van der Waals surface area (Å²) in [6.07, 6.45) is 1.77. The summed E-state index contributed by atoms with van der Waals surface area (Å²) in [6, 6.07) is 7.78. The van der Waals surface area contributed by atoms with Gasteiger partial charge in [-0.3, -0.25) is 0 Å². The van der Waals surface area contributed by atoms with Crippen LogP contribution in [-0.4, -0.2) is 29.7 Å². The molecule has 1 aromatic rings. The van der Waals surface area contributed by atoms with Crippen LogP contribution >= 0.6 is 0 Å². The van der Waals surface area contributed by atoms with E-state index in [0.717, 1.165) is 4.90 Å².